The van der Waals surface area contributed by atoms with Gasteiger partial charge in [-0.25, -0.2) is 0 Å². The molecule has 0 fully saturated rings. The smallest absolute Gasteiger partial charge is 0.270 e. The van der Waals surface area contributed by atoms with Crippen LogP contribution in [0.5, 0.6) is 0 Å². The first-order valence-electron chi connectivity index (χ1n) is 5.75. The van der Waals surface area contributed by atoms with E-state index in [1.807, 2.05) is 6.92 Å². The van der Waals surface area contributed by atoms with Crippen molar-refractivity contribution in [2.24, 2.45) is 0 Å². The molecule has 0 aliphatic carbocycles. The van der Waals surface area contributed by atoms with Crippen LogP contribution in [0.25, 0.3) is 0 Å². The number of non-ortho nitro benzene ring substituents is 1. The van der Waals surface area contributed by atoms with Gasteiger partial charge < -0.3 is 10.1 Å². The second-order valence-electron chi connectivity index (χ2n) is 4.07. The number of amides is 1. The zero-order valence-corrected chi connectivity index (χ0v) is 10.7. The molecule has 0 aliphatic rings. The third-order valence-corrected chi connectivity index (χ3v) is 2.20. The number of nitrogens with zero attached hydrogens (tertiary/aromatic N) is 1. The predicted molar refractivity (Wildman–Crippen MR) is 71.1 cm³/mol. The van der Waals surface area contributed by atoms with Crippen molar-refractivity contribution in [2.45, 2.75) is 6.92 Å². The molecule has 1 aromatic rings. The highest BCUT2D eigenvalue weighted by Gasteiger charge is 2.10. The van der Waals surface area contributed by atoms with Gasteiger partial charge in [0.2, 0.25) is 0 Å². The molecule has 1 rings (SSSR count). The van der Waals surface area contributed by atoms with Crippen molar-refractivity contribution < 1.29 is 14.5 Å². The van der Waals surface area contributed by atoms with Crippen LogP contribution in [0.1, 0.15) is 17.3 Å². The molecule has 0 aliphatic heterocycles. The van der Waals surface area contributed by atoms with E-state index in [-0.39, 0.29) is 17.2 Å². The zero-order valence-electron chi connectivity index (χ0n) is 10.7. The number of nitrogens with one attached hydrogen (secondary N) is 1. The summed E-state index contributed by atoms with van der Waals surface area (Å²) in [5, 5.41) is 13.2. The molecular formula is C13H16N2O4. The molecule has 1 N–H and O–H groups in total. The van der Waals surface area contributed by atoms with E-state index in [1.165, 1.54) is 24.3 Å². The Bertz CT molecular complexity index is 485. The minimum atomic E-state index is -0.535. The van der Waals surface area contributed by atoms with E-state index in [4.69, 9.17) is 4.74 Å². The molecule has 0 saturated carbocycles. The monoisotopic (exact) mass is 264 g/mol. The normalized spacial score (nSPS) is 9.95. The van der Waals surface area contributed by atoms with Crippen LogP contribution in [0.3, 0.4) is 0 Å². The number of carbonyl (C=O) groups is 1. The number of hydrogen-bond donors (Lipinski definition) is 1. The first-order valence-corrected chi connectivity index (χ1v) is 5.75. The number of hydrogen-bond acceptors (Lipinski definition) is 4. The van der Waals surface area contributed by atoms with Gasteiger partial charge in [-0.3, -0.25) is 14.9 Å². The highest BCUT2D eigenvalue weighted by Crippen LogP contribution is 2.12. The van der Waals surface area contributed by atoms with Crippen molar-refractivity contribution in [3.05, 3.63) is 52.1 Å². The minimum Gasteiger partial charge on any atom is -0.375 e. The lowest BCUT2D eigenvalue weighted by Crippen LogP contribution is -2.27. The van der Waals surface area contributed by atoms with Crippen molar-refractivity contribution in [3.8, 4) is 0 Å². The topological polar surface area (TPSA) is 81.5 Å². The van der Waals surface area contributed by atoms with E-state index < -0.39 is 4.92 Å². The fourth-order valence-electron chi connectivity index (χ4n) is 1.35. The van der Waals surface area contributed by atoms with Gasteiger partial charge in [-0.15, -0.1) is 0 Å². The Labute approximate surface area is 111 Å². The van der Waals surface area contributed by atoms with Crippen molar-refractivity contribution in [2.75, 3.05) is 19.8 Å². The standard InChI is InChI=1S/C13H16N2O4/c1-10(2)9-19-7-6-14-13(16)11-4-3-5-12(8-11)15(17)18/h3-5,8H,1,6-7,9H2,2H3,(H,14,16). The van der Waals surface area contributed by atoms with Gasteiger partial charge in [0.05, 0.1) is 18.1 Å². The van der Waals surface area contributed by atoms with E-state index in [0.717, 1.165) is 5.57 Å². The van der Waals surface area contributed by atoms with Crippen molar-refractivity contribution in [3.63, 3.8) is 0 Å². The number of ether oxygens (including phenoxy) is 1. The zero-order chi connectivity index (χ0) is 14.3. The Morgan fingerprint density at radius 1 is 1.53 bits per heavy atom. The Balaban J connectivity index is 2.43. The molecule has 0 heterocycles. The summed E-state index contributed by atoms with van der Waals surface area (Å²) in [5.41, 5.74) is 1.06. The third-order valence-electron chi connectivity index (χ3n) is 2.20. The lowest BCUT2D eigenvalue weighted by Gasteiger charge is -2.06. The maximum Gasteiger partial charge on any atom is 0.270 e. The fraction of sp³-hybridized carbons (Fsp3) is 0.308. The molecule has 0 radical (unpaired) electrons. The Hall–Kier alpha value is -2.21. The van der Waals surface area contributed by atoms with Crippen LogP contribution >= 0.6 is 0 Å². The molecule has 0 spiro atoms. The highest BCUT2D eigenvalue weighted by atomic mass is 16.6. The molecule has 0 bridgehead atoms. The van der Waals surface area contributed by atoms with Gasteiger partial charge in [0.15, 0.2) is 0 Å². The summed E-state index contributed by atoms with van der Waals surface area (Å²) in [6.45, 7) is 6.70. The van der Waals surface area contributed by atoms with E-state index in [2.05, 4.69) is 11.9 Å². The van der Waals surface area contributed by atoms with Crippen LogP contribution in [0.2, 0.25) is 0 Å². The van der Waals surface area contributed by atoms with Crippen LogP contribution in [-0.4, -0.2) is 30.6 Å². The van der Waals surface area contributed by atoms with Crippen LogP contribution in [0.4, 0.5) is 5.69 Å². The lowest BCUT2D eigenvalue weighted by atomic mass is 10.2. The number of benzene rings is 1. The quantitative estimate of drug-likeness (QED) is 0.353. The van der Waals surface area contributed by atoms with E-state index in [9.17, 15) is 14.9 Å². The molecule has 0 unspecified atom stereocenters. The van der Waals surface area contributed by atoms with Gasteiger partial charge in [0.25, 0.3) is 11.6 Å². The third kappa shape index (κ3) is 5.31. The molecule has 6 heteroatoms. The second-order valence-corrected chi connectivity index (χ2v) is 4.07. The van der Waals surface area contributed by atoms with Gasteiger partial charge in [-0.05, 0) is 13.0 Å². The second kappa shape index (κ2) is 7.27. The first kappa shape index (κ1) is 14.8. The summed E-state index contributed by atoms with van der Waals surface area (Å²) < 4.78 is 5.22. The van der Waals surface area contributed by atoms with Gasteiger partial charge in [0.1, 0.15) is 0 Å². The summed E-state index contributed by atoms with van der Waals surface area (Å²) in [5.74, 6) is -0.359. The molecule has 0 atom stereocenters. The van der Waals surface area contributed by atoms with Gasteiger partial charge in [-0.1, -0.05) is 18.2 Å². The minimum absolute atomic E-state index is 0.105. The summed E-state index contributed by atoms with van der Waals surface area (Å²) in [6.07, 6.45) is 0. The fourth-order valence-corrected chi connectivity index (χ4v) is 1.35. The Kier molecular flexibility index (Phi) is 5.69. The van der Waals surface area contributed by atoms with Crippen molar-refractivity contribution >= 4 is 11.6 Å². The maximum absolute atomic E-state index is 11.7. The number of rotatable bonds is 7. The van der Waals surface area contributed by atoms with Gasteiger partial charge >= 0.3 is 0 Å². The average molecular weight is 264 g/mol. The molecule has 19 heavy (non-hydrogen) atoms. The van der Waals surface area contributed by atoms with Crippen molar-refractivity contribution in [1.29, 1.82) is 0 Å². The number of carbonyl (C=O) groups excluding carboxylic acids is 1. The molecule has 1 aromatic carbocycles. The van der Waals surface area contributed by atoms with Crippen LogP contribution in [0, 0.1) is 10.1 Å². The summed E-state index contributed by atoms with van der Waals surface area (Å²) in [7, 11) is 0. The van der Waals surface area contributed by atoms with E-state index in [1.54, 1.807) is 0 Å². The Morgan fingerprint density at radius 2 is 2.26 bits per heavy atom. The SMILES string of the molecule is C=C(C)COCCNC(=O)c1cccc([N+](=O)[O-])c1. The largest absolute Gasteiger partial charge is 0.375 e. The molecule has 0 saturated heterocycles. The van der Waals surface area contributed by atoms with E-state index >= 15 is 0 Å². The van der Waals surface area contributed by atoms with Crippen LogP contribution in [-0.2, 0) is 4.74 Å². The van der Waals surface area contributed by atoms with Gasteiger partial charge in [0, 0.05) is 24.2 Å². The molecule has 0 aromatic heterocycles. The Morgan fingerprint density at radius 3 is 2.89 bits per heavy atom. The lowest BCUT2D eigenvalue weighted by molar-refractivity contribution is -0.384. The molecule has 102 valence electrons. The van der Waals surface area contributed by atoms with Gasteiger partial charge in [-0.2, -0.15) is 0 Å². The van der Waals surface area contributed by atoms with Crippen molar-refractivity contribution in [1.82, 2.24) is 5.32 Å². The number of nitro groups is 1. The number of nitro benzene ring substituents is 1. The van der Waals surface area contributed by atoms with E-state index in [0.29, 0.717) is 19.8 Å². The highest BCUT2D eigenvalue weighted by molar-refractivity contribution is 5.94. The first-order chi connectivity index (χ1) is 9.00. The maximum atomic E-state index is 11.7. The molecule has 1 amide bonds. The van der Waals surface area contributed by atoms with Crippen LogP contribution in [0.15, 0.2) is 36.4 Å². The molecular weight excluding hydrogens is 248 g/mol. The van der Waals surface area contributed by atoms with Crippen LogP contribution < -0.4 is 5.32 Å². The predicted octanol–water partition coefficient (Wildman–Crippen LogP) is 1.92. The average Bonchev–Trinajstić information content (AvgIpc) is 2.37. The summed E-state index contributed by atoms with van der Waals surface area (Å²) >= 11 is 0. The summed E-state index contributed by atoms with van der Waals surface area (Å²) in [4.78, 5) is 21.8. The summed E-state index contributed by atoms with van der Waals surface area (Å²) in [6, 6.07) is 5.58. The molecule has 6 nitrogen and oxygen atoms in total.